The van der Waals surface area contributed by atoms with Gasteiger partial charge in [-0.25, -0.2) is 0 Å². The van der Waals surface area contributed by atoms with E-state index >= 15 is 0 Å². The lowest BCUT2D eigenvalue weighted by Crippen LogP contribution is -2.34. The average molecular weight is 367 g/mol. The van der Waals surface area contributed by atoms with Crippen LogP contribution in [-0.4, -0.2) is 16.9 Å². The number of thiocarbonyl (C=S) groups is 1. The van der Waals surface area contributed by atoms with Gasteiger partial charge in [-0.1, -0.05) is 24.3 Å². The Hall–Kier alpha value is -2.73. The van der Waals surface area contributed by atoms with Crippen LogP contribution in [0.3, 0.4) is 0 Å². The predicted octanol–water partition coefficient (Wildman–Crippen LogP) is 3.78. The van der Waals surface area contributed by atoms with Crippen LogP contribution in [0.15, 0.2) is 42.5 Å². The third kappa shape index (κ3) is 4.26. The van der Waals surface area contributed by atoms with E-state index in [1.807, 2.05) is 50.2 Å². The van der Waals surface area contributed by atoms with Crippen LogP contribution in [0.1, 0.15) is 34.3 Å². The molecular weight excluding hydrogens is 346 g/mol. The van der Waals surface area contributed by atoms with Crippen LogP contribution in [0.2, 0.25) is 0 Å². The van der Waals surface area contributed by atoms with Crippen molar-refractivity contribution in [1.29, 1.82) is 0 Å². The van der Waals surface area contributed by atoms with Crippen LogP contribution >= 0.6 is 12.2 Å². The van der Waals surface area contributed by atoms with Crippen molar-refractivity contribution in [2.75, 3.05) is 10.6 Å². The van der Waals surface area contributed by atoms with E-state index in [9.17, 15) is 9.59 Å². The zero-order chi connectivity index (χ0) is 18.7. The highest BCUT2D eigenvalue weighted by molar-refractivity contribution is 7.80. The molecule has 1 fully saturated rings. The smallest absolute Gasteiger partial charge is 0.257 e. The van der Waals surface area contributed by atoms with Gasteiger partial charge in [-0.05, 0) is 68.2 Å². The summed E-state index contributed by atoms with van der Waals surface area (Å²) in [5.74, 6) is -0.0578. The predicted molar refractivity (Wildman–Crippen MR) is 107 cm³/mol. The standard InChI is InChI=1S/C20H21N3O2S/c1-12-6-3-4-7-15(12)19(25)23-20(26)22-17-9-5-8-16(13(17)2)21-18(24)14-10-11-14/h3-9,14H,10-11H2,1-2H3,(H,21,24)(H2,22,23,25,26). The molecule has 0 radical (unpaired) electrons. The Morgan fingerprint density at radius 1 is 0.962 bits per heavy atom. The van der Waals surface area contributed by atoms with Gasteiger partial charge in [0.15, 0.2) is 5.11 Å². The number of amides is 2. The van der Waals surface area contributed by atoms with Crippen molar-refractivity contribution < 1.29 is 9.59 Å². The Kier molecular flexibility index (Phi) is 5.32. The van der Waals surface area contributed by atoms with Crippen molar-refractivity contribution in [1.82, 2.24) is 5.32 Å². The number of hydrogen-bond acceptors (Lipinski definition) is 3. The second kappa shape index (κ2) is 7.66. The topological polar surface area (TPSA) is 70.2 Å². The minimum atomic E-state index is -0.253. The normalized spacial score (nSPS) is 13.0. The fourth-order valence-electron chi connectivity index (χ4n) is 2.64. The Balaban J connectivity index is 1.66. The van der Waals surface area contributed by atoms with Gasteiger partial charge in [-0.3, -0.25) is 14.9 Å². The number of carbonyl (C=O) groups excluding carboxylic acids is 2. The summed E-state index contributed by atoms with van der Waals surface area (Å²) in [6.45, 7) is 3.78. The molecule has 1 aliphatic carbocycles. The van der Waals surface area contributed by atoms with Gasteiger partial charge in [-0.2, -0.15) is 0 Å². The van der Waals surface area contributed by atoms with Gasteiger partial charge < -0.3 is 10.6 Å². The van der Waals surface area contributed by atoms with E-state index in [-0.39, 0.29) is 22.8 Å². The summed E-state index contributed by atoms with van der Waals surface area (Å²) in [5.41, 5.74) is 3.83. The van der Waals surface area contributed by atoms with Gasteiger partial charge >= 0.3 is 0 Å². The van der Waals surface area contributed by atoms with Gasteiger partial charge in [0.2, 0.25) is 5.91 Å². The molecule has 0 aliphatic heterocycles. The van der Waals surface area contributed by atoms with Crippen molar-refractivity contribution in [2.45, 2.75) is 26.7 Å². The molecule has 3 N–H and O–H groups in total. The van der Waals surface area contributed by atoms with E-state index in [0.29, 0.717) is 5.56 Å². The van der Waals surface area contributed by atoms with E-state index in [4.69, 9.17) is 12.2 Å². The molecule has 2 aromatic rings. The third-order valence-electron chi connectivity index (χ3n) is 4.40. The van der Waals surface area contributed by atoms with Gasteiger partial charge in [0.05, 0.1) is 0 Å². The van der Waals surface area contributed by atoms with Gasteiger partial charge in [0, 0.05) is 22.9 Å². The summed E-state index contributed by atoms with van der Waals surface area (Å²) in [5, 5.41) is 8.90. The summed E-state index contributed by atoms with van der Waals surface area (Å²) >= 11 is 5.27. The summed E-state index contributed by atoms with van der Waals surface area (Å²) in [4.78, 5) is 24.3. The maximum Gasteiger partial charge on any atom is 0.257 e. The number of carbonyl (C=O) groups is 2. The fraction of sp³-hybridized carbons (Fsp3) is 0.250. The van der Waals surface area contributed by atoms with E-state index in [1.54, 1.807) is 6.07 Å². The fourth-order valence-corrected chi connectivity index (χ4v) is 2.84. The molecule has 6 heteroatoms. The molecular formula is C20H21N3O2S. The molecule has 26 heavy (non-hydrogen) atoms. The maximum absolute atomic E-state index is 12.3. The molecule has 0 spiro atoms. The lowest BCUT2D eigenvalue weighted by Gasteiger charge is -2.15. The maximum atomic E-state index is 12.3. The Morgan fingerprint density at radius 3 is 2.27 bits per heavy atom. The summed E-state index contributed by atoms with van der Waals surface area (Å²) < 4.78 is 0. The van der Waals surface area contributed by atoms with Crippen LogP contribution in [0.4, 0.5) is 11.4 Å². The highest BCUT2D eigenvalue weighted by Crippen LogP contribution is 2.31. The minimum Gasteiger partial charge on any atom is -0.332 e. The summed E-state index contributed by atoms with van der Waals surface area (Å²) in [7, 11) is 0. The van der Waals surface area contributed by atoms with Crippen LogP contribution in [0.5, 0.6) is 0 Å². The number of anilines is 2. The van der Waals surface area contributed by atoms with Crippen molar-refractivity contribution >= 4 is 40.5 Å². The largest absolute Gasteiger partial charge is 0.332 e. The summed E-state index contributed by atoms with van der Waals surface area (Å²) in [6, 6.07) is 12.9. The Morgan fingerprint density at radius 2 is 1.62 bits per heavy atom. The number of nitrogens with one attached hydrogen (secondary N) is 3. The molecule has 0 unspecified atom stereocenters. The van der Waals surface area contributed by atoms with E-state index < -0.39 is 0 Å². The van der Waals surface area contributed by atoms with Crippen LogP contribution in [0.25, 0.3) is 0 Å². The van der Waals surface area contributed by atoms with E-state index in [0.717, 1.165) is 35.3 Å². The molecule has 0 aromatic heterocycles. The molecule has 0 atom stereocenters. The van der Waals surface area contributed by atoms with Gasteiger partial charge in [0.25, 0.3) is 5.91 Å². The quantitative estimate of drug-likeness (QED) is 0.719. The van der Waals surface area contributed by atoms with Crippen LogP contribution in [0, 0.1) is 19.8 Å². The molecule has 5 nitrogen and oxygen atoms in total. The lowest BCUT2D eigenvalue weighted by molar-refractivity contribution is -0.117. The molecule has 0 saturated heterocycles. The highest BCUT2D eigenvalue weighted by Gasteiger charge is 2.29. The molecule has 0 heterocycles. The molecule has 2 amide bonds. The first-order valence-corrected chi connectivity index (χ1v) is 8.95. The molecule has 3 rings (SSSR count). The zero-order valence-electron chi connectivity index (χ0n) is 14.8. The van der Waals surface area contributed by atoms with Crippen molar-refractivity contribution in [3.8, 4) is 0 Å². The Bertz CT molecular complexity index is 875. The van der Waals surface area contributed by atoms with Crippen LogP contribution < -0.4 is 16.0 Å². The van der Waals surface area contributed by atoms with Crippen LogP contribution in [-0.2, 0) is 4.79 Å². The number of aryl methyl sites for hydroxylation is 1. The Labute approximate surface area is 158 Å². The number of benzene rings is 2. The van der Waals surface area contributed by atoms with Gasteiger partial charge in [0.1, 0.15) is 0 Å². The number of rotatable bonds is 4. The third-order valence-corrected chi connectivity index (χ3v) is 4.61. The van der Waals surface area contributed by atoms with Gasteiger partial charge in [-0.15, -0.1) is 0 Å². The lowest BCUT2D eigenvalue weighted by atomic mass is 10.1. The molecule has 2 aromatic carbocycles. The molecule has 0 bridgehead atoms. The first-order chi connectivity index (χ1) is 12.5. The SMILES string of the molecule is Cc1ccccc1C(=O)NC(=S)Nc1cccc(NC(=O)C2CC2)c1C. The van der Waals surface area contributed by atoms with Crippen molar-refractivity contribution in [3.63, 3.8) is 0 Å². The highest BCUT2D eigenvalue weighted by atomic mass is 32.1. The monoisotopic (exact) mass is 367 g/mol. The average Bonchev–Trinajstić information content (AvgIpc) is 3.43. The van der Waals surface area contributed by atoms with E-state index in [1.165, 1.54) is 0 Å². The summed E-state index contributed by atoms with van der Waals surface area (Å²) in [6.07, 6.45) is 1.91. The number of hydrogen-bond donors (Lipinski definition) is 3. The first-order valence-electron chi connectivity index (χ1n) is 8.54. The zero-order valence-corrected chi connectivity index (χ0v) is 15.6. The first kappa shape index (κ1) is 18.1. The second-order valence-electron chi connectivity index (χ2n) is 6.46. The van der Waals surface area contributed by atoms with Crippen molar-refractivity contribution in [3.05, 3.63) is 59.2 Å². The molecule has 1 aliphatic rings. The molecule has 134 valence electrons. The minimum absolute atomic E-state index is 0.0562. The van der Waals surface area contributed by atoms with Crippen molar-refractivity contribution in [2.24, 2.45) is 5.92 Å². The molecule has 1 saturated carbocycles. The van der Waals surface area contributed by atoms with E-state index in [2.05, 4.69) is 16.0 Å². The second-order valence-corrected chi connectivity index (χ2v) is 6.87.